The lowest BCUT2D eigenvalue weighted by molar-refractivity contribution is -0.140. The second kappa shape index (κ2) is 12.3. The van der Waals surface area contributed by atoms with Crippen molar-refractivity contribution >= 4 is 29.4 Å². The maximum absolute atomic E-state index is 11.3. The molecule has 0 unspecified atom stereocenters. The number of aliphatic hydroxyl groups is 1. The standard InChI is InChI=1S/C26H33N9O5/c1-4-15(5-2)30-22-18-23(33-26(32-22)28-12-10-16-9-7-8-11-27-16)35(13-29-18)25-19(37)20(38-14-36)21(39-25)24-31-17(6-3)34-40-24/h7-9,11,13-15,19-21,25,37H,4-6,10,12H2,1-3H3,(H2,28,30,32,33)/t19-,20+,21+,25-/m1/s1. The molecule has 1 aliphatic heterocycles. The second-order valence-electron chi connectivity index (χ2n) is 9.41. The molecular formula is C26H33N9O5. The molecular weight excluding hydrogens is 518 g/mol. The zero-order chi connectivity index (χ0) is 28.1. The first kappa shape index (κ1) is 27.4. The third-order valence-electron chi connectivity index (χ3n) is 6.88. The molecule has 1 saturated heterocycles. The van der Waals surface area contributed by atoms with E-state index in [4.69, 9.17) is 24.0 Å². The summed E-state index contributed by atoms with van der Waals surface area (Å²) in [4.78, 5) is 33.9. The molecule has 0 spiro atoms. The van der Waals surface area contributed by atoms with Gasteiger partial charge >= 0.3 is 0 Å². The molecule has 3 N–H and O–H groups in total. The number of aromatic nitrogens is 7. The van der Waals surface area contributed by atoms with Gasteiger partial charge < -0.3 is 29.7 Å². The molecule has 4 aromatic heterocycles. The quantitative estimate of drug-likeness (QED) is 0.207. The molecule has 5 rings (SSSR count). The molecule has 4 atom stereocenters. The molecule has 14 nitrogen and oxygen atoms in total. The normalized spacial score (nSPS) is 20.7. The highest BCUT2D eigenvalue weighted by Crippen LogP contribution is 2.41. The highest BCUT2D eigenvalue weighted by atomic mass is 16.6. The molecule has 0 amide bonds. The second-order valence-corrected chi connectivity index (χ2v) is 9.41. The van der Waals surface area contributed by atoms with E-state index in [0.29, 0.717) is 48.1 Å². The summed E-state index contributed by atoms with van der Waals surface area (Å²) in [7, 11) is 0. The van der Waals surface area contributed by atoms with E-state index in [9.17, 15) is 9.90 Å². The van der Waals surface area contributed by atoms with Gasteiger partial charge in [-0.15, -0.1) is 0 Å². The topological polar surface area (TPSA) is 175 Å². The Balaban J connectivity index is 1.48. The first-order valence-corrected chi connectivity index (χ1v) is 13.5. The molecule has 1 fully saturated rings. The maximum atomic E-state index is 11.3. The smallest absolute Gasteiger partial charge is 0.293 e. The number of hydrogen-bond donors (Lipinski definition) is 3. The van der Waals surface area contributed by atoms with Crippen LogP contribution in [0.3, 0.4) is 0 Å². The average Bonchev–Trinajstić information content (AvgIpc) is 3.70. The van der Waals surface area contributed by atoms with Crippen LogP contribution in [0, 0.1) is 0 Å². The van der Waals surface area contributed by atoms with Crippen molar-refractivity contribution in [2.45, 2.75) is 77.0 Å². The number of hydrogen-bond acceptors (Lipinski definition) is 13. The Morgan fingerprint density at radius 3 is 2.73 bits per heavy atom. The number of nitrogens with one attached hydrogen (secondary N) is 2. The summed E-state index contributed by atoms with van der Waals surface area (Å²) in [6, 6.07) is 5.96. The van der Waals surface area contributed by atoms with E-state index in [1.807, 2.05) is 25.1 Å². The van der Waals surface area contributed by atoms with E-state index in [-0.39, 0.29) is 18.4 Å². The van der Waals surface area contributed by atoms with Gasteiger partial charge in [-0.1, -0.05) is 32.0 Å². The largest absolute Gasteiger partial charge is 0.458 e. The molecule has 212 valence electrons. The van der Waals surface area contributed by atoms with Crippen LogP contribution in [0.1, 0.15) is 63.4 Å². The van der Waals surface area contributed by atoms with E-state index >= 15 is 0 Å². The van der Waals surface area contributed by atoms with E-state index in [1.165, 1.54) is 6.33 Å². The molecule has 4 aromatic rings. The van der Waals surface area contributed by atoms with Gasteiger partial charge in [0.2, 0.25) is 5.95 Å². The third kappa shape index (κ3) is 5.58. The van der Waals surface area contributed by atoms with Gasteiger partial charge in [-0.3, -0.25) is 14.3 Å². The van der Waals surface area contributed by atoms with Crippen LogP contribution in [0.15, 0.2) is 35.2 Å². The fraction of sp³-hybridized carbons (Fsp3) is 0.500. The van der Waals surface area contributed by atoms with Gasteiger partial charge in [-0.05, 0) is 25.0 Å². The van der Waals surface area contributed by atoms with Gasteiger partial charge in [-0.2, -0.15) is 15.0 Å². The molecule has 0 aliphatic carbocycles. The highest BCUT2D eigenvalue weighted by molar-refractivity contribution is 5.84. The molecule has 0 aromatic carbocycles. The predicted molar refractivity (Wildman–Crippen MR) is 143 cm³/mol. The molecule has 40 heavy (non-hydrogen) atoms. The fourth-order valence-electron chi connectivity index (χ4n) is 4.64. The SMILES string of the molecule is CCc1noc([C@H]2O[C@@H](n3cnc4c(NC(CC)CC)nc(NCCc5ccccn5)nc43)[C@H](O)[C@@H]2OC=O)n1. The van der Waals surface area contributed by atoms with Crippen molar-refractivity contribution in [1.29, 1.82) is 0 Å². The van der Waals surface area contributed by atoms with Crippen LogP contribution in [0.2, 0.25) is 0 Å². The number of pyridine rings is 1. The van der Waals surface area contributed by atoms with Crippen LogP contribution in [-0.4, -0.2) is 71.0 Å². The number of aliphatic hydroxyl groups excluding tert-OH is 1. The monoisotopic (exact) mass is 551 g/mol. The number of imidazole rings is 1. The Morgan fingerprint density at radius 2 is 2.02 bits per heavy atom. The molecule has 14 heteroatoms. The summed E-state index contributed by atoms with van der Waals surface area (Å²) in [6.45, 7) is 6.90. The van der Waals surface area contributed by atoms with E-state index in [2.05, 4.69) is 44.6 Å². The third-order valence-corrected chi connectivity index (χ3v) is 6.88. The number of nitrogens with zero attached hydrogens (tertiary/aromatic N) is 7. The van der Waals surface area contributed by atoms with Gasteiger partial charge in [0.25, 0.3) is 12.4 Å². The summed E-state index contributed by atoms with van der Waals surface area (Å²) < 4.78 is 18.3. The summed E-state index contributed by atoms with van der Waals surface area (Å²) in [5.41, 5.74) is 1.89. The van der Waals surface area contributed by atoms with Crippen molar-refractivity contribution in [3.63, 3.8) is 0 Å². The van der Waals surface area contributed by atoms with Crippen molar-refractivity contribution in [3.8, 4) is 0 Å². The van der Waals surface area contributed by atoms with Gasteiger partial charge in [0.15, 0.2) is 41.2 Å². The van der Waals surface area contributed by atoms with Crippen LogP contribution >= 0.6 is 0 Å². The predicted octanol–water partition coefficient (Wildman–Crippen LogP) is 2.59. The Bertz CT molecular complexity index is 1410. The zero-order valence-corrected chi connectivity index (χ0v) is 22.6. The maximum Gasteiger partial charge on any atom is 0.293 e. The average molecular weight is 552 g/mol. The lowest BCUT2D eigenvalue weighted by Gasteiger charge is -2.19. The summed E-state index contributed by atoms with van der Waals surface area (Å²) in [5.74, 6) is 1.53. The number of carbonyl (C=O) groups excluding carboxylic acids is 1. The number of anilines is 2. The minimum Gasteiger partial charge on any atom is -0.458 e. The first-order chi connectivity index (χ1) is 19.6. The van der Waals surface area contributed by atoms with Crippen LogP contribution in [0.25, 0.3) is 11.2 Å². The van der Waals surface area contributed by atoms with Crippen LogP contribution in [0.5, 0.6) is 0 Å². The van der Waals surface area contributed by atoms with Crippen molar-refractivity contribution in [2.24, 2.45) is 0 Å². The molecule has 5 heterocycles. The lowest BCUT2D eigenvalue weighted by Crippen LogP contribution is -2.31. The molecule has 0 saturated carbocycles. The van der Waals surface area contributed by atoms with Crippen molar-refractivity contribution in [3.05, 3.63) is 48.1 Å². The number of fused-ring (bicyclic) bond motifs is 1. The van der Waals surface area contributed by atoms with Gasteiger partial charge in [0, 0.05) is 37.3 Å². The van der Waals surface area contributed by atoms with Crippen LogP contribution in [0.4, 0.5) is 11.8 Å². The summed E-state index contributed by atoms with van der Waals surface area (Å²) in [6.07, 6.45) is 1.97. The van der Waals surface area contributed by atoms with E-state index in [1.54, 1.807) is 10.8 Å². The van der Waals surface area contributed by atoms with E-state index < -0.39 is 24.5 Å². The van der Waals surface area contributed by atoms with Gasteiger partial charge in [0.05, 0.1) is 6.33 Å². The van der Waals surface area contributed by atoms with Crippen molar-refractivity contribution < 1.29 is 23.9 Å². The first-order valence-electron chi connectivity index (χ1n) is 13.5. The minimum atomic E-state index is -1.27. The number of rotatable bonds is 13. The van der Waals surface area contributed by atoms with Crippen LogP contribution < -0.4 is 10.6 Å². The molecule has 0 radical (unpaired) electrons. The Labute approximate surface area is 230 Å². The highest BCUT2D eigenvalue weighted by Gasteiger charge is 2.50. The summed E-state index contributed by atoms with van der Waals surface area (Å²) >= 11 is 0. The van der Waals surface area contributed by atoms with Crippen molar-refractivity contribution in [1.82, 2.24) is 34.6 Å². The fourth-order valence-corrected chi connectivity index (χ4v) is 4.64. The minimum absolute atomic E-state index is 0.109. The lowest BCUT2D eigenvalue weighted by atomic mass is 10.1. The van der Waals surface area contributed by atoms with Crippen molar-refractivity contribution in [2.75, 3.05) is 17.2 Å². The van der Waals surface area contributed by atoms with E-state index in [0.717, 1.165) is 18.5 Å². The Hall–Kier alpha value is -4.17. The molecule has 1 aliphatic rings. The number of aryl methyl sites for hydroxylation is 1. The van der Waals surface area contributed by atoms with Gasteiger partial charge in [0.1, 0.15) is 6.10 Å². The Kier molecular flexibility index (Phi) is 8.45. The zero-order valence-electron chi connectivity index (χ0n) is 22.6. The number of ether oxygens (including phenoxy) is 2. The number of carbonyl (C=O) groups is 1. The van der Waals surface area contributed by atoms with Gasteiger partial charge in [-0.25, -0.2) is 4.98 Å². The Morgan fingerprint density at radius 1 is 1.18 bits per heavy atom. The van der Waals surface area contributed by atoms with Crippen LogP contribution in [-0.2, 0) is 27.1 Å². The molecule has 0 bridgehead atoms. The summed E-state index contributed by atoms with van der Waals surface area (Å²) in [5, 5.41) is 21.9.